The molecule has 2 amide bonds. The summed E-state index contributed by atoms with van der Waals surface area (Å²) in [5, 5.41) is 8.94. The summed E-state index contributed by atoms with van der Waals surface area (Å²) in [6.45, 7) is 0. The van der Waals surface area contributed by atoms with E-state index in [9.17, 15) is 9.59 Å². The number of nitrogens with zero attached hydrogens (tertiary/aromatic N) is 2. The number of carbonyl (C=O) groups is 2. The van der Waals surface area contributed by atoms with Gasteiger partial charge in [0.05, 0.1) is 47.8 Å². The Morgan fingerprint density at radius 2 is 1.14 bits per heavy atom. The SMILES string of the molecule is COc1ccc2nc(SCC(=O)Nc3cccc4c(NC(=O)CSc5nc6ccc(OC)cc6[nH]5)cccc34)[nH]c2c1. The van der Waals surface area contributed by atoms with Crippen molar-refractivity contribution in [2.45, 2.75) is 10.3 Å². The van der Waals surface area contributed by atoms with Crippen LogP contribution in [0.2, 0.25) is 0 Å². The zero-order chi connectivity index (χ0) is 29.1. The Bertz CT molecular complexity index is 1800. The van der Waals surface area contributed by atoms with Gasteiger partial charge in [-0.2, -0.15) is 0 Å². The van der Waals surface area contributed by atoms with Crippen LogP contribution in [0.3, 0.4) is 0 Å². The van der Waals surface area contributed by atoms with Crippen LogP contribution >= 0.6 is 23.5 Å². The number of nitrogens with one attached hydrogen (secondary N) is 4. The molecule has 2 heterocycles. The van der Waals surface area contributed by atoms with Gasteiger partial charge in [-0.15, -0.1) is 0 Å². The van der Waals surface area contributed by atoms with Crippen molar-refractivity contribution in [1.29, 1.82) is 0 Å². The first-order valence-electron chi connectivity index (χ1n) is 12.9. The van der Waals surface area contributed by atoms with Gasteiger partial charge in [-0.25, -0.2) is 9.97 Å². The minimum Gasteiger partial charge on any atom is -0.497 e. The molecule has 0 bridgehead atoms. The Hall–Kier alpha value is -4.68. The van der Waals surface area contributed by atoms with Gasteiger partial charge in [0.25, 0.3) is 0 Å². The Labute approximate surface area is 249 Å². The number of methoxy groups -OCH3 is 2. The molecule has 212 valence electrons. The average molecular weight is 599 g/mol. The lowest BCUT2D eigenvalue weighted by molar-refractivity contribution is -0.114. The number of hydrogen-bond acceptors (Lipinski definition) is 8. The van der Waals surface area contributed by atoms with Crippen molar-refractivity contribution >= 4 is 79.6 Å². The van der Waals surface area contributed by atoms with Crippen molar-refractivity contribution in [2.75, 3.05) is 36.4 Å². The third-order valence-electron chi connectivity index (χ3n) is 6.48. The van der Waals surface area contributed by atoms with Gasteiger partial charge in [0.15, 0.2) is 10.3 Å². The van der Waals surface area contributed by atoms with E-state index in [1.807, 2.05) is 72.8 Å². The van der Waals surface area contributed by atoms with Crippen molar-refractivity contribution in [3.8, 4) is 11.5 Å². The summed E-state index contributed by atoms with van der Waals surface area (Å²) in [7, 11) is 3.23. The van der Waals surface area contributed by atoms with Crippen LogP contribution in [0.25, 0.3) is 32.8 Å². The second-order valence-electron chi connectivity index (χ2n) is 9.23. The van der Waals surface area contributed by atoms with Crippen molar-refractivity contribution in [3.05, 3.63) is 72.8 Å². The van der Waals surface area contributed by atoms with Gasteiger partial charge in [-0.05, 0) is 36.4 Å². The van der Waals surface area contributed by atoms with Crippen molar-refractivity contribution < 1.29 is 19.1 Å². The Morgan fingerprint density at radius 1 is 0.690 bits per heavy atom. The predicted octanol–water partition coefficient (Wildman–Crippen LogP) is 6.07. The summed E-state index contributed by atoms with van der Waals surface area (Å²) in [5.41, 5.74) is 4.62. The standard InChI is InChI=1S/C30H26N6O4S2/c1-39-17-9-11-23-25(13-17)35-29(33-23)41-15-27(37)31-21-7-3-6-20-19(21)5-4-8-22(20)32-28(38)16-42-30-34-24-12-10-18(40-2)14-26(24)36-30/h3-14H,15-16H2,1-2H3,(H,31,37)(H,32,38)(H,33,35)(H,34,36). The Kier molecular flexibility index (Phi) is 7.89. The van der Waals surface area contributed by atoms with Crippen LogP contribution < -0.4 is 20.1 Å². The molecule has 10 nitrogen and oxygen atoms in total. The zero-order valence-electron chi connectivity index (χ0n) is 22.7. The maximum absolute atomic E-state index is 12.8. The molecule has 0 fully saturated rings. The monoisotopic (exact) mass is 598 g/mol. The molecule has 0 spiro atoms. The quantitative estimate of drug-likeness (QED) is 0.140. The molecule has 0 atom stereocenters. The van der Waals surface area contributed by atoms with Crippen molar-refractivity contribution in [2.24, 2.45) is 0 Å². The topological polar surface area (TPSA) is 134 Å². The number of thioether (sulfide) groups is 2. The molecule has 0 saturated heterocycles. The molecular weight excluding hydrogens is 573 g/mol. The fraction of sp³-hybridized carbons (Fsp3) is 0.133. The highest BCUT2D eigenvalue weighted by atomic mass is 32.2. The van der Waals surface area contributed by atoms with Gasteiger partial charge in [0.2, 0.25) is 11.8 Å². The van der Waals surface area contributed by atoms with Gasteiger partial charge in [0, 0.05) is 34.3 Å². The highest BCUT2D eigenvalue weighted by molar-refractivity contribution is 8.00. The lowest BCUT2D eigenvalue weighted by Crippen LogP contribution is -2.15. The number of benzene rings is 4. The average Bonchev–Trinajstić information content (AvgIpc) is 3.62. The number of amides is 2. The fourth-order valence-electron chi connectivity index (χ4n) is 4.49. The van der Waals surface area contributed by atoms with E-state index in [0.29, 0.717) is 21.7 Å². The number of imidazole rings is 2. The molecule has 4 N–H and O–H groups in total. The molecule has 42 heavy (non-hydrogen) atoms. The molecule has 0 radical (unpaired) electrons. The summed E-state index contributed by atoms with van der Waals surface area (Å²) in [5.74, 6) is 1.49. The highest BCUT2D eigenvalue weighted by Crippen LogP contribution is 2.30. The van der Waals surface area contributed by atoms with Gasteiger partial charge >= 0.3 is 0 Å². The Morgan fingerprint density at radius 3 is 1.57 bits per heavy atom. The van der Waals surface area contributed by atoms with E-state index in [2.05, 4.69) is 30.6 Å². The summed E-state index contributed by atoms with van der Waals surface area (Å²) >= 11 is 2.64. The predicted molar refractivity (Wildman–Crippen MR) is 168 cm³/mol. The maximum atomic E-state index is 12.8. The number of H-pyrrole nitrogens is 2. The van der Waals surface area contributed by atoms with Crippen LogP contribution in [0, 0.1) is 0 Å². The molecule has 0 aliphatic rings. The first-order valence-corrected chi connectivity index (χ1v) is 14.9. The smallest absolute Gasteiger partial charge is 0.234 e. The van der Waals surface area contributed by atoms with E-state index < -0.39 is 0 Å². The number of anilines is 2. The third kappa shape index (κ3) is 5.99. The zero-order valence-corrected chi connectivity index (χ0v) is 24.3. The number of aromatic nitrogens is 4. The summed E-state index contributed by atoms with van der Waals surface area (Å²) in [4.78, 5) is 41.2. The number of aromatic amines is 2. The van der Waals surface area contributed by atoms with E-state index in [0.717, 1.165) is 44.3 Å². The van der Waals surface area contributed by atoms with Crippen LogP contribution in [0.5, 0.6) is 11.5 Å². The largest absolute Gasteiger partial charge is 0.497 e. The molecule has 4 aromatic carbocycles. The minimum atomic E-state index is -0.167. The van der Waals surface area contributed by atoms with Gasteiger partial charge in [-0.3, -0.25) is 9.59 Å². The molecule has 0 aliphatic heterocycles. The van der Waals surface area contributed by atoms with Crippen LogP contribution in [0.4, 0.5) is 11.4 Å². The number of fused-ring (bicyclic) bond motifs is 3. The number of rotatable bonds is 10. The maximum Gasteiger partial charge on any atom is 0.234 e. The Balaban J connectivity index is 1.09. The van der Waals surface area contributed by atoms with Crippen LogP contribution in [-0.2, 0) is 9.59 Å². The first-order chi connectivity index (χ1) is 20.5. The van der Waals surface area contributed by atoms with Crippen molar-refractivity contribution in [3.63, 3.8) is 0 Å². The normalized spacial score (nSPS) is 11.2. The third-order valence-corrected chi connectivity index (χ3v) is 8.23. The first kappa shape index (κ1) is 27.5. The highest BCUT2D eigenvalue weighted by Gasteiger charge is 2.13. The van der Waals surface area contributed by atoms with E-state index in [1.54, 1.807) is 14.2 Å². The van der Waals surface area contributed by atoms with E-state index in [-0.39, 0.29) is 23.3 Å². The minimum absolute atomic E-state index is 0.167. The van der Waals surface area contributed by atoms with Crippen LogP contribution in [-0.4, -0.2) is 57.5 Å². The molecule has 2 aromatic heterocycles. The van der Waals surface area contributed by atoms with Gasteiger partial charge in [0.1, 0.15) is 11.5 Å². The second kappa shape index (κ2) is 12.0. The summed E-state index contributed by atoms with van der Waals surface area (Å²) < 4.78 is 10.5. The number of carbonyl (C=O) groups excluding carboxylic acids is 2. The molecule has 0 saturated carbocycles. The van der Waals surface area contributed by atoms with Gasteiger partial charge in [-0.1, -0.05) is 47.8 Å². The lowest BCUT2D eigenvalue weighted by Gasteiger charge is -2.12. The lowest BCUT2D eigenvalue weighted by atomic mass is 10.1. The van der Waals surface area contributed by atoms with E-state index in [1.165, 1.54) is 23.5 Å². The molecule has 0 unspecified atom stereocenters. The molecule has 12 heteroatoms. The number of hydrogen-bond donors (Lipinski definition) is 4. The molecular formula is C30H26N6O4S2. The van der Waals surface area contributed by atoms with Crippen LogP contribution in [0.1, 0.15) is 0 Å². The van der Waals surface area contributed by atoms with Gasteiger partial charge < -0.3 is 30.1 Å². The summed E-state index contributed by atoms with van der Waals surface area (Å²) in [6.07, 6.45) is 0. The molecule has 6 aromatic rings. The van der Waals surface area contributed by atoms with Crippen LogP contribution in [0.15, 0.2) is 83.1 Å². The fourth-order valence-corrected chi connectivity index (χ4v) is 5.86. The van der Waals surface area contributed by atoms with Crippen molar-refractivity contribution in [1.82, 2.24) is 19.9 Å². The molecule has 0 aliphatic carbocycles. The van der Waals surface area contributed by atoms with E-state index in [4.69, 9.17) is 9.47 Å². The molecule has 6 rings (SSSR count). The number of ether oxygens (including phenoxy) is 2. The van der Waals surface area contributed by atoms with E-state index >= 15 is 0 Å². The second-order valence-corrected chi connectivity index (χ2v) is 11.2. The summed E-state index contributed by atoms with van der Waals surface area (Å²) in [6, 6.07) is 22.4.